The first kappa shape index (κ1) is 27.2. The molecule has 4 aromatic rings. The molecular weight excluding hydrogens is 540 g/mol. The lowest BCUT2D eigenvalue weighted by molar-refractivity contribution is -0.137. The van der Waals surface area contributed by atoms with Gasteiger partial charge in [-0.3, -0.25) is 9.59 Å². The van der Waals surface area contributed by atoms with Gasteiger partial charge in [-0.05, 0) is 54.1 Å². The lowest BCUT2D eigenvalue weighted by atomic mass is 10.1. The summed E-state index contributed by atoms with van der Waals surface area (Å²) in [6.45, 7) is 0. The summed E-state index contributed by atoms with van der Waals surface area (Å²) in [7, 11) is 0. The van der Waals surface area contributed by atoms with Crippen LogP contribution in [-0.4, -0.2) is 11.8 Å². The van der Waals surface area contributed by atoms with Crippen LogP contribution >= 0.6 is 23.4 Å². The third-order valence-electron chi connectivity index (χ3n) is 5.35. The summed E-state index contributed by atoms with van der Waals surface area (Å²) in [5, 5.41) is 3.96. The van der Waals surface area contributed by atoms with E-state index in [4.69, 9.17) is 11.6 Å². The average Bonchev–Trinajstić information content (AvgIpc) is 2.88. The standard InChI is InChI=1S/C28H19ClF4N2O2S/c29-18-13-14-24(22(15-18)28(31,32)33)35-27(37)25(17-7-2-1-3-8-17)38-20-10-6-9-19(16-20)34-26(36)21-11-4-5-12-23(21)30/h1-16,25H,(H,34,36)(H,35,37). The number of nitrogens with one attached hydrogen (secondary N) is 2. The van der Waals surface area contributed by atoms with Crippen molar-refractivity contribution in [3.8, 4) is 0 Å². The van der Waals surface area contributed by atoms with Crippen molar-refractivity contribution in [3.05, 3.63) is 125 Å². The maximum atomic E-state index is 14.0. The molecule has 0 bridgehead atoms. The Hall–Kier alpha value is -3.82. The number of carbonyl (C=O) groups excluding carboxylic acids is 2. The van der Waals surface area contributed by atoms with Crippen LogP contribution in [0.15, 0.2) is 102 Å². The van der Waals surface area contributed by atoms with Crippen molar-refractivity contribution in [1.82, 2.24) is 0 Å². The highest BCUT2D eigenvalue weighted by atomic mass is 35.5. The summed E-state index contributed by atoms with van der Waals surface area (Å²) in [6, 6.07) is 23.7. The second-order valence-electron chi connectivity index (χ2n) is 8.05. The molecule has 0 radical (unpaired) electrons. The summed E-state index contributed by atoms with van der Waals surface area (Å²) in [6.07, 6.45) is -4.73. The van der Waals surface area contributed by atoms with Crippen LogP contribution in [0.2, 0.25) is 5.02 Å². The van der Waals surface area contributed by atoms with E-state index in [2.05, 4.69) is 10.6 Å². The van der Waals surface area contributed by atoms with Gasteiger partial charge < -0.3 is 10.6 Å². The van der Waals surface area contributed by atoms with Crippen molar-refractivity contribution >= 4 is 46.6 Å². The molecular formula is C28H19ClF4N2O2S. The second kappa shape index (κ2) is 11.7. The van der Waals surface area contributed by atoms with Gasteiger partial charge in [0.1, 0.15) is 11.1 Å². The van der Waals surface area contributed by atoms with Gasteiger partial charge in [-0.1, -0.05) is 60.1 Å². The third-order valence-corrected chi connectivity index (χ3v) is 6.83. The average molecular weight is 559 g/mol. The normalized spacial score (nSPS) is 12.0. The number of halogens is 5. The van der Waals surface area contributed by atoms with E-state index >= 15 is 0 Å². The molecule has 4 rings (SSSR count). The molecule has 0 aliphatic heterocycles. The minimum Gasteiger partial charge on any atom is -0.324 e. The molecule has 0 spiro atoms. The van der Waals surface area contributed by atoms with E-state index < -0.39 is 40.3 Å². The van der Waals surface area contributed by atoms with E-state index in [1.54, 1.807) is 54.6 Å². The fraction of sp³-hybridized carbons (Fsp3) is 0.0714. The van der Waals surface area contributed by atoms with E-state index in [1.807, 2.05) is 0 Å². The van der Waals surface area contributed by atoms with Gasteiger partial charge in [-0.25, -0.2) is 4.39 Å². The monoisotopic (exact) mass is 558 g/mol. The van der Waals surface area contributed by atoms with Gasteiger partial charge in [-0.15, -0.1) is 11.8 Å². The number of hydrogen-bond donors (Lipinski definition) is 2. The van der Waals surface area contributed by atoms with Crippen molar-refractivity contribution in [1.29, 1.82) is 0 Å². The molecule has 1 unspecified atom stereocenters. The van der Waals surface area contributed by atoms with Gasteiger partial charge in [-0.2, -0.15) is 13.2 Å². The molecule has 0 aromatic heterocycles. The van der Waals surface area contributed by atoms with Gasteiger partial charge in [0.2, 0.25) is 5.91 Å². The van der Waals surface area contributed by atoms with Crippen LogP contribution in [0.25, 0.3) is 0 Å². The zero-order chi connectivity index (χ0) is 27.3. The molecule has 10 heteroatoms. The molecule has 2 N–H and O–H groups in total. The Bertz CT molecular complexity index is 1460. The topological polar surface area (TPSA) is 58.2 Å². The predicted molar refractivity (Wildman–Crippen MR) is 141 cm³/mol. The smallest absolute Gasteiger partial charge is 0.324 e. The summed E-state index contributed by atoms with van der Waals surface area (Å²) < 4.78 is 54.7. The highest BCUT2D eigenvalue weighted by Gasteiger charge is 2.35. The molecule has 0 heterocycles. The number of benzene rings is 4. The Labute approximate surface area is 225 Å². The number of rotatable bonds is 7. The Morgan fingerprint density at radius 2 is 1.53 bits per heavy atom. The van der Waals surface area contributed by atoms with Crippen molar-refractivity contribution < 1.29 is 27.2 Å². The van der Waals surface area contributed by atoms with Crippen LogP contribution in [0.3, 0.4) is 0 Å². The second-order valence-corrected chi connectivity index (χ2v) is 9.66. The first-order valence-electron chi connectivity index (χ1n) is 11.2. The van der Waals surface area contributed by atoms with E-state index in [9.17, 15) is 27.2 Å². The summed E-state index contributed by atoms with van der Waals surface area (Å²) >= 11 is 6.84. The summed E-state index contributed by atoms with van der Waals surface area (Å²) in [4.78, 5) is 26.4. The van der Waals surface area contributed by atoms with Gasteiger partial charge in [0.25, 0.3) is 5.91 Å². The fourth-order valence-electron chi connectivity index (χ4n) is 3.59. The molecule has 0 saturated heterocycles. The fourth-order valence-corrected chi connectivity index (χ4v) is 4.84. The van der Waals surface area contributed by atoms with E-state index in [0.717, 1.165) is 23.9 Å². The van der Waals surface area contributed by atoms with Crippen LogP contribution in [-0.2, 0) is 11.0 Å². The van der Waals surface area contributed by atoms with Crippen molar-refractivity contribution in [2.45, 2.75) is 16.3 Å². The number of thioether (sulfide) groups is 1. The molecule has 194 valence electrons. The molecule has 38 heavy (non-hydrogen) atoms. The quantitative estimate of drug-likeness (QED) is 0.177. The van der Waals surface area contributed by atoms with Crippen LogP contribution in [0.4, 0.5) is 28.9 Å². The van der Waals surface area contributed by atoms with Crippen LogP contribution in [0.1, 0.15) is 26.7 Å². The maximum Gasteiger partial charge on any atom is 0.418 e. The van der Waals surface area contributed by atoms with Crippen molar-refractivity contribution in [2.24, 2.45) is 0 Å². The minimum absolute atomic E-state index is 0.112. The number of hydrogen-bond acceptors (Lipinski definition) is 3. The predicted octanol–water partition coefficient (Wildman–Crippen LogP) is 8.22. The minimum atomic E-state index is -4.73. The van der Waals surface area contributed by atoms with Crippen LogP contribution in [0, 0.1) is 5.82 Å². The molecule has 0 aliphatic carbocycles. The Balaban J connectivity index is 1.60. The van der Waals surface area contributed by atoms with Gasteiger partial charge in [0, 0.05) is 15.6 Å². The number of anilines is 2. The van der Waals surface area contributed by atoms with Gasteiger partial charge in [0.15, 0.2) is 0 Å². The Morgan fingerprint density at radius 3 is 2.24 bits per heavy atom. The van der Waals surface area contributed by atoms with Crippen LogP contribution in [0.5, 0.6) is 0 Å². The van der Waals surface area contributed by atoms with E-state index in [-0.39, 0.29) is 10.6 Å². The maximum absolute atomic E-state index is 14.0. The lowest BCUT2D eigenvalue weighted by Crippen LogP contribution is -2.21. The first-order chi connectivity index (χ1) is 18.1. The molecule has 1 atom stereocenters. The molecule has 4 nitrogen and oxygen atoms in total. The third kappa shape index (κ3) is 6.73. The number of amides is 2. The zero-order valence-electron chi connectivity index (χ0n) is 19.4. The molecule has 2 amide bonds. The first-order valence-corrected chi connectivity index (χ1v) is 12.4. The molecule has 0 saturated carbocycles. The number of carbonyl (C=O) groups is 2. The molecule has 4 aromatic carbocycles. The van der Waals surface area contributed by atoms with E-state index in [1.165, 1.54) is 30.3 Å². The van der Waals surface area contributed by atoms with E-state index in [0.29, 0.717) is 16.1 Å². The lowest BCUT2D eigenvalue weighted by Gasteiger charge is -2.20. The number of alkyl halides is 3. The van der Waals surface area contributed by atoms with Crippen LogP contribution < -0.4 is 10.6 Å². The summed E-state index contributed by atoms with van der Waals surface area (Å²) in [5.41, 5.74) is -0.700. The zero-order valence-corrected chi connectivity index (χ0v) is 21.0. The van der Waals surface area contributed by atoms with Crippen molar-refractivity contribution in [2.75, 3.05) is 10.6 Å². The van der Waals surface area contributed by atoms with Gasteiger partial charge >= 0.3 is 6.18 Å². The Kier molecular flexibility index (Phi) is 8.38. The highest BCUT2D eigenvalue weighted by Crippen LogP contribution is 2.40. The Morgan fingerprint density at radius 1 is 0.816 bits per heavy atom. The molecule has 0 fully saturated rings. The molecule has 0 aliphatic rings. The highest BCUT2D eigenvalue weighted by molar-refractivity contribution is 8.00. The summed E-state index contributed by atoms with van der Waals surface area (Å²) in [5.74, 6) is -2.00. The van der Waals surface area contributed by atoms with Crippen molar-refractivity contribution in [3.63, 3.8) is 0 Å². The van der Waals surface area contributed by atoms with Gasteiger partial charge in [0.05, 0.1) is 16.8 Å². The SMILES string of the molecule is O=C(Nc1cccc(SC(C(=O)Nc2ccc(Cl)cc2C(F)(F)F)c2ccccc2)c1)c1ccccc1F. The largest absolute Gasteiger partial charge is 0.418 e.